The SMILES string of the molecule is CCC(=O)N1CCCCNCC1. The van der Waals surface area contributed by atoms with E-state index in [4.69, 9.17) is 0 Å². The van der Waals surface area contributed by atoms with Crippen LogP contribution in [0.5, 0.6) is 0 Å². The Morgan fingerprint density at radius 1 is 1.33 bits per heavy atom. The first-order valence-corrected chi connectivity index (χ1v) is 4.83. The van der Waals surface area contributed by atoms with Gasteiger partial charge in [0.15, 0.2) is 0 Å². The van der Waals surface area contributed by atoms with Crippen LogP contribution in [0.2, 0.25) is 0 Å². The molecule has 1 N–H and O–H groups in total. The van der Waals surface area contributed by atoms with Crippen molar-refractivity contribution in [2.75, 3.05) is 26.2 Å². The Labute approximate surface area is 74.1 Å². The third-order valence-corrected chi connectivity index (χ3v) is 2.25. The van der Waals surface area contributed by atoms with Gasteiger partial charge in [0.1, 0.15) is 0 Å². The third kappa shape index (κ3) is 2.81. The number of amides is 1. The lowest BCUT2D eigenvalue weighted by atomic mass is 10.2. The van der Waals surface area contributed by atoms with Crippen LogP contribution in [0.25, 0.3) is 0 Å². The molecule has 3 nitrogen and oxygen atoms in total. The van der Waals surface area contributed by atoms with Gasteiger partial charge in [0.2, 0.25) is 5.91 Å². The van der Waals surface area contributed by atoms with Crippen molar-refractivity contribution in [3.05, 3.63) is 0 Å². The summed E-state index contributed by atoms with van der Waals surface area (Å²) in [7, 11) is 0. The van der Waals surface area contributed by atoms with Gasteiger partial charge in [0.25, 0.3) is 0 Å². The van der Waals surface area contributed by atoms with E-state index >= 15 is 0 Å². The highest BCUT2D eigenvalue weighted by Crippen LogP contribution is 2.00. The first-order chi connectivity index (χ1) is 5.84. The summed E-state index contributed by atoms with van der Waals surface area (Å²) >= 11 is 0. The maximum absolute atomic E-state index is 11.3. The molecule has 3 heteroatoms. The molecule has 12 heavy (non-hydrogen) atoms. The van der Waals surface area contributed by atoms with E-state index in [0.717, 1.165) is 32.6 Å². The van der Waals surface area contributed by atoms with Crippen molar-refractivity contribution in [2.45, 2.75) is 26.2 Å². The Morgan fingerprint density at radius 3 is 2.92 bits per heavy atom. The van der Waals surface area contributed by atoms with Gasteiger partial charge in [-0.1, -0.05) is 6.92 Å². The van der Waals surface area contributed by atoms with Gasteiger partial charge in [-0.05, 0) is 19.4 Å². The molecule has 0 atom stereocenters. The molecular weight excluding hydrogens is 152 g/mol. The van der Waals surface area contributed by atoms with Gasteiger partial charge < -0.3 is 10.2 Å². The monoisotopic (exact) mass is 170 g/mol. The van der Waals surface area contributed by atoms with E-state index in [9.17, 15) is 4.79 Å². The minimum absolute atomic E-state index is 0.290. The Morgan fingerprint density at radius 2 is 2.17 bits per heavy atom. The molecule has 0 unspecified atom stereocenters. The summed E-state index contributed by atoms with van der Waals surface area (Å²) in [5.41, 5.74) is 0. The number of carbonyl (C=O) groups is 1. The summed E-state index contributed by atoms with van der Waals surface area (Å²) in [5, 5.41) is 3.30. The summed E-state index contributed by atoms with van der Waals surface area (Å²) < 4.78 is 0. The molecule has 0 aromatic rings. The third-order valence-electron chi connectivity index (χ3n) is 2.25. The minimum atomic E-state index is 0.290. The van der Waals surface area contributed by atoms with E-state index in [1.807, 2.05) is 11.8 Å². The molecule has 70 valence electrons. The topological polar surface area (TPSA) is 32.3 Å². The van der Waals surface area contributed by atoms with Crippen LogP contribution in [-0.4, -0.2) is 37.0 Å². The lowest BCUT2D eigenvalue weighted by molar-refractivity contribution is -0.131. The molecule has 0 saturated carbocycles. The standard InChI is InChI=1S/C9H18N2O/c1-2-9(12)11-7-4-3-5-10-6-8-11/h10H,2-8H2,1H3. The lowest BCUT2D eigenvalue weighted by Gasteiger charge is -2.24. The Balaban J connectivity index is 2.34. The Kier molecular flexibility index (Phi) is 4.08. The maximum Gasteiger partial charge on any atom is 0.222 e. The van der Waals surface area contributed by atoms with Crippen LogP contribution in [-0.2, 0) is 4.79 Å². The molecular formula is C9H18N2O. The predicted octanol–water partition coefficient (Wildman–Crippen LogP) is 0.608. The number of hydrogen-bond donors (Lipinski definition) is 1. The molecule has 1 heterocycles. The number of hydrogen-bond acceptors (Lipinski definition) is 2. The maximum atomic E-state index is 11.3. The van der Waals surface area contributed by atoms with E-state index < -0.39 is 0 Å². The molecule has 1 aliphatic rings. The van der Waals surface area contributed by atoms with E-state index in [2.05, 4.69) is 5.32 Å². The summed E-state index contributed by atoms with van der Waals surface area (Å²) in [6.07, 6.45) is 2.96. The van der Waals surface area contributed by atoms with E-state index in [1.54, 1.807) is 0 Å². The molecule has 0 spiro atoms. The van der Waals surface area contributed by atoms with Crippen LogP contribution in [0.1, 0.15) is 26.2 Å². The minimum Gasteiger partial charge on any atom is -0.341 e. The molecule has 1 rings (SSSR count). The molecule has 1 fully saturated rings. The van der Waals surface area contributed by atoms with E-state index in [1.165, 1.54) is 6.42 Å². The zero-order valence-corrected chi connectivity index (χ0v) is 7.81. The van der Waals surface area contributed by atoms with Crippen molar-refractivity contribution in [2.24, 2.45) is 0 Å². The fraction of sp³-hybridized carbons (Fsp3) is 0.889. The van der Waals surface area contributed by atoms with Crippen LogP contribution in [0.15, 0.2) is 0 Å². The van der Waals surface area contributed by atoms with Crippen molar-refractivity contribution in [3.8, 4) is 0 Å². The first-order valence-electron chi connectivity index (χ1n) is 4.83. The highest BCUT2D eigenvalue weighted by Gasteiger charge is 2.11. The van der Waals surface area contributed by atoms with Crippen LogP contribution >= 0.6 is 0 Å². The van der Waals surface area contributed by atoms with Crippen LogP contribution in [0, 0.1) is 0 Å². The van der Waals surface area contributed by atoms with Gasteiger partial charge in [-0.15, -0.1) is 0 Å². The Hall–Kier alpha value is -0.570. The molecule has 0 radical (unpaired) electrons. The molecule has 1 saturated heterocycles. The van der Waals surface area contributed by atoms with Crippen LogP contribution in [0.4, 0.5) is 0 Å². The van der Waals surface area contributed by atoms with Crippen molar-refractivity contribution in [3.63, 3.8) is 0 Å². The molecule has 1 amide bonds. The summed E-state index contributed by atoms with van der Waals surface area (Å²) in [5.74, 6) is 0.290. The van der Waals surface area contributed by atoms with Crippen molar-refractivity contribution in [1.29, 1.82) is 0 Å². The van der Waals surface area contributed by atoms with E-state index in [-0.39, 0.29) is 0 Å². The Bertz CT molecular complexity index is 139. The van der Waals surface area contributed by atoms with Gasteiger partial charge in [-0.25, -0.2) is 0 Å². The van der Waals surface area contributed by atoms with Gasteiger partial charge >= 0.3 is 0 Å². The molecule has 1 aliphatic heterocycles. The average Bonchev–Trinajstić information content (AvgIpc) is 2.02. The smallest absolute Gasteiger partial charge is 0.222 e. The van der Waals surface area contributed by atoms with Gasteiger partial charge in [0, 0.05) is 26.1 Å². The number of nitrogens with zero attached hydrogens (tertiary/aromatic N) is 1. The van der Waals surface area contributed by atoms with E-state index in [0.29, 0.717) is 12.3 Å². The van der Waals surface area contributed by atoms with Crippen molar-refractivity contribution < 1.29 is 4.79 Å². The second-order valence-corrected chi connectivity index (χ2v) is 3.19. The zero-order valence-electron chi connectivity index (χ0n) is 7.81. The highest BCUT2D eigenvalue weighted by molar-refractivity contribution is 5.75. The fourth-order valence-electron chi connectivity index (χ4n) is 1.48. The van der Waals surface area contributed by atoms with Gasteiger partial charge in [0.05, 0.1) is 0 Å². The van der Waals surface area contributed by atoms with Crippen LogP contribution in [0.3, 0.4) is 0 Å². The largest absolute Gasteiger partial charge is 0.341 e. The zero-order chi connectivity index (χ0) is 8.81. The number of nitrogens with one attached hydrogen (secondary N) is 1. The van der Waals surface area contributed by atoms with Gasteiger partial charge in [-0.2, -0.15) is 0 Å². The van der Waals surface area contributed by atoms with Crippen molar-refractivity contribution in [1.82, 2.24) is 10.2 Å². The molecule has 0 aliphatic carbocycles. The molecule has 0 aromatic carbocycles. The first kappa shape index (κ1) is 9.52. The second-order valence-electron chi connectivity index (χ2n) is 3.19. The summed E-state index contributed by atoms with van der Waals surface area (Å²) in [6.45, 7) is 5.81. The quantitative estimate of drug-likeness (QED) is 0.625. The number of carbonyl (C=O) groups excluding carboxylic acids is 1. The van der Waals surface area contributed by atoms with Gasteiger partial charge in [-0.3, -0.25) is 4.79 Å². The average molecular weight is 170 g/mol. The molecule has 0 bridgehead atoms. The normalized spacial score (nSPS) is 19.9. The number of rotatable bonds is 1. The summed E-state index contributed by atoms with van der Waals surface area (Å²) in [4.78, 5) is 13.3. The lowest BCUT2D eigenvalue weighted by Crippen LogP contribution is -2.39. The molecule has 0 aromatic heterocycles. The second kappa shape index (κ2) is 5.14. The summed E-state index contributed by atoms with van der Waals surface area (Å²) in [6, 6.07) is 0. The fourth-order valence-corrected chi connectivity index (χ4v) is 1.48. The van der Waals surface area contributed by atoms with Crippen molar-refractivity contribution >= 4 is 5.91 Å². The van der Waals surface area contributed by atoms with Crippen LogP contribution < -0.4 is 5.32 Å². The highest BCUT2D eigenvalue weighted by atomic mass is 16.2. The predicted molar refractivity (Wildman–Crippen MR) is 49.0 cm³/mol.